The van der Waals surface area contributed by atoms with E-state index in [1.807, 2.05) is 6.20 Å². The highest BCUT2D eigenvalue weighted by molar-refractivity contribution is 5.80. The van der Waals surface area contributed by atoms with Gasteiger partial charge in [-0.05, 0) is 80.6 Å². The molecule has 6 rings (SSSR count). The number of hydrogen-bond donors (Lipinski definition) is 2. The number of anilines is 3. The van der Waals surface area contributed by atoms with Crippen LogP contribution in [0.1, 0.15) is 43.4 Å². The predicted molar refractivity (Wildman–Crippen MR) is 126 cm³/mol. The first-order chi connectivity index (χ1) is 15.3. The van der Waals surface area contributed by atoms with E-state index in [1.54, 1.807) is 0 Å². The molecule has 2 aliphatic heterocycles. The lowest BCUT2D eigenvalue weighted by atomic mass is 9.73. The van der Waals surface area contributed by atoms with Crippen LogP contribution < -0.4 is 15.5 Å². The molecule has 2 N–H and O–H groups in total. The van der Waals surface area contributed by atoms with Gasteiger partial charge in [0.15, 0.2) is 0 Å². The Morgan fingerprint density at radius 3 is 2.45 bits per heavy atom. The van der Waals surface area contributed by atoms with Crippen LogP contribution in [0.2, 0.25) is 0 Å². The van der Waals surface area contributed by atoms with Crippen molar-refractivity contribution in [1.29, 1.82) is 0 Å². The van der Waals surface area contributed by atoms with Gasteiger partial charge in [0.25, 0.3) is 0 Å². The van der Waals surface area contributed by atoms with Crippen molar-refractivity contribution < 1.29 is 0 Å². The summed E-state index contributed by atoms with van der Waals surface area (Å²) < 4.78 is 0. The van der Waals surface area contributed by atoms with Crippen molar-refractivity contribution in [1.82, 2.24) is 15.3 Å². The lowest BCUT2D eigenvalue weighted by Crippen LogP contribution is -2.40. The summed E-state index contributed by atoms with van der Waals surface area (Å²) in [6, 6.07) is 17.5. The highest BCUT2D eigenvalue weighted by Gasteiger charge is 2.45. The Morgan fingerprint density at radius 2 is 1.65 bits per heavy atom. The first-order valence-electron chi connectivity index (χ1n) is 11.6. The number of nitrogens with one attached hydrogen (secondary N) is 2. The fourth-order valence-electron chi connectivity index (χ4n) is 5.66. The number of rotatable bonds is 3. The number of piperidine rings is 2. The molecule has 1 aromatic heterocycles. The average molecular weight is 412 g/mol. The van der Waals surface area contributed by atoms with Crippen LogP contribution >= 0.6 is 0 Å². The summed E-state index contributed by atoms with van der Waals surface area (Å²) >= 11 is 0. The van der Waals surface area contributed by atoms with Gasteiger partial charge >= 0.3 is 0 Å². The maximum Gasteiger partial charge on any atom is 0.227 e. The lowest BCUT2D eigenvalue weighted by molar-refractivity contribution is 0.362. The van der Waals surface area contributed by atoms with Gasteiger partial charge in [-0.25, -0.2) is 9.97 Å². The molecule has 0 bridgehead atoms. The van der Waals surface area contributed by atoms with E-state index < -0.39 is 0 Å². The molecule has 3 aromatic rings. The van der Waals surface area contributed by atoms with Crippen molar-refractivity contribution in [3.63, 3.8) is 0 Å². The van der Waals surface area contributed by atoms with Crippen molar-refractivity contribution in [2.24, 2.45) is 0 Å². The van der Waals surface area contributed by atoms with Crippen LogP contribution in [0.3, 0.4) is 0 Å². The van der Waals surface area contributed by atoms with E-state index in [-0.39, 0.29) is 5.41 Å². The molecular weight excluding hydrogens is 382 g/mol. The topological polar surface area (TPSA) is 53.1 Å². The largest absolute Gasteiger partial charge is 0.372 e. The van der Waals surface area contributed by atoms with Crippen LogP contribution in [-0.4, -0.2) is 36.1 Å². The number of benzene rings is 2. The number of aromatic nitrogens is 2. The standard InChI is InChI=1S/C26H29N5/c1-4-16-31(17-5-1)20-10-8-19(9-11-20)29-25-28-18-22-21-6-2-3-7-23(21)26(24(22)30-25)12-14-27-15-13-26/h2-3,6-11,18,27H,1,4-5,12-17H2,(H,28,29,30). The summed E-state index contributed by atoms with van der Waals surface area (Å²) in [5, 5.41) is 6.98. The van der Waals surface area contributed by atoms with Gasteiger partial charge in [0.2, 0.25) is 5.95 Å². The zero-order valence-corrected chi connectivity index (χ0v) is 17.9. The molecule has 31 heavy (non-hydrogen) atoms. The molecule has 1 aliphatic carbocycles. The van der Waals surface area contributed by atoms with Crippen LogP contribution in [-0.2, 0) is 5.41 Å². The maximum absolute atomic E-state index is 5.09. The minimum absolute atomic E-state index is 0.00860. The van der Waals surface area contributed by atoms with Crippen LogP contribution in [0.4, 0.5) is 17.3 Å². The molecule has 0 unspecified atom stereocenters. The van der Waals surface area contributed by atoms with E-state index in [9.17, 15) is 0 Å². The lowest BCUT2D eigenvalue weighted by Gasteiger charge is -2.35. The van der Waals surface area contributed by atoms with Crippen molar-refractivity contribution >= 4 is 17.3 Å². The molecule has 0 amide bonds. The monoisotopic (exact) mass is 411 g/mol. The van der Waals surface area contributed by atoms with Gasteiger partial charge in [-0.3, -0.25) is 0 Å². The Labute approximate surface area is 183 Å². The molecule has 0 atom stereocenters. The third kappa shape index (κ3) is 3.19. The molecule has 0 radical (unpaired) electrons. The number of nitrogens with zero attached hydrogens (tertiary/aromatic N) is 3. The second-order valence-electron chi connectivity index (χ2n) is 9.05. The van der Waals surface area contributed by atoms with Gasteiger partial charge in [-0.1, -0.05) is 24.3 Å². The maximum atomic E-state index is 5.09. The third-order valence-electron chi connectivity index (χ3n) is 7.28. The molecule has 3 heterocycles. The second kappa shape index (κ2) is 7.65. The van der Waals surface area contributed by atoms with Crippen LogP contribution in [0.25, 0.3) is 11.1 Å². The van der Waals surface area contributed by atoms with Gasteiger partial charge < -0.3 is 15.5 Å². The van der Waals surface area contributed by atoms with E-state index in [0.717, 1.165) is 44.7 Å². The molecule has 2 fully saturated rings. The highest BCUT2D eigenvalue weighted by Crippen LogP contribution is 2.52. The Balaban J connectivity index is 1.30. The van der Waals surface area contributed by atoms with E-state index in [2.05, 4.69) is 69.0 Å². The summed E-state index contributed by atoms with van der Waals surface area (Å²) in [4.78, 5) is 12.3. The highest BCUT2D eigenvalue weighted by atomic mass is 15.1. The zero-order valence-electron chi connectivity index (χ0n) is 17.9. The summed E-state index contributed by atoms with van der Waals surface area (Å²) in [5.41, 5.74) is 7.47. The molecular formula is C26H29N5. The predicted octanol–water partition coefficient (Wildman–Crippen LogP) is 4.86. The van der Waals surface area contributed by atoms with Crippen LogP contribution in [0.15, 0.2) is 54.7 Å². The van der Waals surface area contributed by atoms with Gasteiger partial charge in [0.05, 0.1) is 5.69 Å². The number of fused-ring (bicyclic) bond motifs is 5. The normalized spacial score (nSPS) is 19.2. The van der Waals surface area contributed by atoms with Crippen molar-refractivity contribution in [2.45, 2.75) is 37.5 Å². The SMILES string of the molecule is c1ccc2c(c1)-c1cnc(Nc3ccc(N4CCCCC4)cc3)nc1C21CCNCC1. The van der Waals surface area contributed by atoms with Crippen LogP contribution in [0.5, 0.6) is 0 Å². The Bertz CT molecular complexity index is 1080. The molecule has 5 heteroatoms. The summed E-state index contributed by atoms with van der Waals surface area (Å²) in [6.45, 7) is 4.38. The Kier molecular flexibility index (Phi) is 4.64. The molecule has 158 valence electrons. The van der Waals surface area contributed by atoms with Crippen molar-refractivity contribution in [3.05, 3.63) is 66.0 Å². The second-order valence-corrected chi connectivity index (χ2v) is 9.05. The average Bonchev–Trinajstić information content (AvgIpc) is 3.10. The first-order valence-corrected chi connectivity index (χ1v) is 11.6. The summed E-state index contributed by atoms with van der Waals surface area (Å²) in [7, 11) is 0. The van der Waals surface area contributed by atoms with Crippen molar-refractivity contribution in [3.8, 4) is 11.1 Å². The smallest absolute Gasteiger partial charge is 0.227 e. The van der Waals surface area contributed by atoms with E-state index in [1.165, 1.54) is 47.3 Å². The molecule has 1 spiro atoms. The zero-order chi connectivity index (χ0) is 20.7. The van der Waals surface area contributed by atoms with Crippen molar-refractivity contribution in [2.75, 3.05) is 36.4 Å². The summed E-state index contributed by atoms with van der Waals surface area (Å²) in [5.74, 6) is 0.690. The third-order valence-corrected chi connectivity index (χ3v) is 7.28. The van der Waals surface area contributed by atoms with E-state index in [0.29, 0.717) is 5.95 Å². The molecule has 2 saturated heterocycles. The molecule has 3 aliphatic rings. The number of hydrogen-bond acceptors (Lipinski definition) is 5. The first kappa shape index (κ1) is 18.8. The van der Waals surface area contributed by atoms with Gasteiger partial charge in [0, 0.05) is 41.6 Å². The molecule has 0 saturated carbocycles. The minimum atomic E-state index is 0.00860. The van der Waals surface area contributed by atoms with E-state index >= 15 is 0 Å². The summed E-state index contributed by atoms with van der Waals surface area (Å²) in [6.07, 6.45) is 8.12. The fourth-order valence-corrected chi connectivity index (χ4v) is 5.66. The molecule has 2 aromatic carbocycles. The van der Waals surface area contributed by atoms with E-state index in [4.69, 9.17) is 4.98 Å². The Hall–Kier alpha value is -2.92. The van der Waals surface area contributed by atoms with Gasteiger partial charge in [-0.2, -0.15) is 0 Å². The van der Waals surface area contributed by atoms with Gasteiger partial charge in [0.1, 0.15) is 0 Å². The minimum Gasteiger partial charge on any atom is -0.372 e. The fraction of sp³-hybridized carbons (Fsp3) is 0.385. The Morgan fingerprint density at radius 1 is 0.871 bits per heavy atom. The molecule has 5 nitrogen and oxygen atoms in total. The quantitative estimate of drug-likeness (QED) is 0.645. The van der Waals surface area contributed by atoms with Crippen LogP contribution in [0, 0.1) is 0 Å². The van der Waals surface area contributed by atoms with Gasteiger partial charge in [-0.15, -0.1) is 0 Å².